The van der Waals surface area contributed by atoms with Crippen molar-refractivity contribution in [3.63, 3.8) is 0 Å². The minimum Gasteiger partial charge on any atom is -0.496 e. The number of anilines is 1. The summed E-state index contributed by atoms with van der Waals surface area (Å²) in [6, 6.07) is 10.2. The van der Waals surface area contributed by atoms with Crippen LogP contribution in [-0.4, -0.2) is 37.5 Å². The maximum Gasteiger partial charge on any atom is 0.326 e. The van der Waals surface area contributed by atoms with Crippen molar-refractivity contribution >= 4 is 35.1 Å². The van der Waals surface area contributed by atoms with Crippen LogP contribution in [-0.2, 0) is 14.3 Å². The van der Waals surface area contributed by atoms with Gasteiger partial charge in [0.1, 0.15) is 18.1 Å². The molecular formula is C19H18ClFN2O5. The van der Waals surface area contributed by atoms with Crippen LogP contribution in [0.25, 0.3) is 0 Å². The van der Waals surface area contributed by atoms with Crippen LogP contribution in [0, 0.1) is 5.82 Å². The molecule has 9 heteroatoms. The smallest absolute Gasteiger partial charge is 0.326 e. The molecular weight excluding hydrogens is 391 g/mol. The number of ether oxygens (including phenoxy) is 2. The fraction of sp³-hybridized carbons (Fsp3) is 0.211. The molecule has 0 saturated heterocycles. The molecule has 0 heterocycles. The van der Waals surface area contributed by atoms with E-state index < -0.39 is 36.2 Å². The molecule has 28 heavy (non-hydrogen) atoms. The molecule has 0 aliphatic heterocycles. The zero-order chi connectivity index (χ0) is 20.7. The number of carbonyl (C=O) groups excluding carboxylic acids is 3. The summed E-state index contributed by atoms with van der Waals surface area (Å²) in [6.07, 6.45) is -1.20. The number of carbonyl (C=O) groups is 3. The number of halogens is 2. The second-order valence-corrected chi connectivity index (χ2v) is 6.06. The Kier molecular flexibility index (Phi) is 7.34. The number of rotatable bonds is 7. The Morgan fingerprint density at radius 3 is 2.57 bits per heavy atom. The first-order valence-corrected chi connectivity index (χ1v) is 8.56. The number of nitrogens with one attached hydrogen (secondary N) is 2. The second kappa shape index (κ2) is 9.70. The summed E-state index contributed by atoms with van der Waals surface area (Å²) in [5, 5.41) is 4.86. The van der Waals surface area contributed by atoms with Crippen molar-refractivity contribution < 1.29 is 28.2 Å². The average Bonchev–Trinajstić information content (AvgIpc) is 2.68. The molecule has 0 saturated carbocycles. The van der Waals surface area contributed by atoms with Gasteiger partial charge in [0.05, 0.1) is 18.4 Å². The highest BCUT2D eigenvalue weighted by Gasteiger charge is 2.20. The first kappa shape index (κ1) is 21.2. The lowest BCUT2D eigenvalue weighted by molar-refractivity contribution is -0.152. The van der Waals surface area contributed by atoms with E-state index in [0.717, 1.165) is 6.07 Å². The van der Waals surface area contributed by atoms with E-state index in [-0.39, 0.29) is 16.3 Å². The van der Waals surface area contributed by atoms with Crippen molar-refractivity contribution in [2.45, 2.75) is 13.0 Å². The molecule has 0 aliphatic carbocycles. The van der Waals surface area contributed by atoms with Crippen molar-refractivity contribution in [1.82, 2.24) is 5.32 Å². The summed E-state index contributed by atoms with van der Waals surface area (Å²) in [6.45, 7) is 0.868. The van der Waals surface area contributed by atoms with E-state index in [1.54, 1.807) is 18.2 Å². The van der Waals surface area contributed by atoms with Crippen LogP contribution in [0.15, 0.2) is 42.5 Å². The van der Waals surface area contributed by atoms with Crippen LogP contribution >= 0.6 is 11.6 Å². The van der Waals surface area contributed by atoms with Gasteiger partial charge in [0.25, 0.3) is 11.8 Å². The number of para-hydroxylation sites is 1. The third-order valence-corrected chi connectivity index (χ3v) is 3.85. The van der Waals surface area contributed by atoms with Crippen molar-refractivity contribution in [2.75, 3.05) is 19.0 Å². The number of hydrogen-bond donors (Lipinski definition) is 2. The van der Waals surface area contributed by atoms with E-state index >= 15 is 0 Å². The summed E-state index contributed by atoms with van der Waals surface area (Å²) in [4.78, 5) is 36.0. The van der Waals surface area contributed by atoms with Crippen molar-refractivity contribution in [3.05, 3.63) is 58.9 Å². The largest absolute Gasteiger partial charge is 0.496 e. The van der Waals surface area contributed by atoms with Gasteiger partial charge in [-0.2, -0.15) is 0 Å². The number of esters is 1. The molecule has 0 aromatic heterocycles. The van der Waals surface area contributed by atoms with E-state index in [1.165, 1.54) is 32.2 Å². The molecule has 0 bridgehead atoms. The van der Waals surface area contributed by atoms with Crippen molar-refractivity contribution in [3.8, 4) is 5.75 Å². The summed E-state index contributed by atoms with van der Waals surface area (Å²) in [5.74, 6) is -2.46. The third-order valence-electron chi connectivity index (χ3n) is 3.61. The third kappa shape index (κ3) is 5.68. The normalized spacial score (nSPS) is 11.3. The van der Waals surface area contributed by atoms with Gasteiger partial charge in [-0.25, -0.2) is 4.39 Å². The molecule has 1 atom stereocenters. The predicted molar refractivity (Wildman–Crippen MR) is 101 cm³/mol. The van der Waals surface area contributed by atoms with E-state index in [1.807, 2.05) is 0 Å². The molecule has 7 nitrogen and oxygen atoms in total. The van der Waals surface area contributed by atoms with Gasteiger partial charge >= 0.3 is 5.97 Å². The van der Waals surface area contributed by atoms with Gasteiger partial charge in [0.2, 0.25) is 0 Å². The molecule has 2 amide bonds. The fourth-order valence-electron chi connectivity index (χ4n) is 2.20. The second-order valence-electron chi connectivity index (χ2n) is 5.63. The quantitative estimate of drug-likeness (QED) is 0.687. The summed E-state index contributed by atoms with van der Waals surface area (Å²) in [7, 11) is 1.42. The molecule has 148 valence electrons. The Hall–Kier alpha value is -3.13. The summed E-state index contributed by atoms with van der Waals surface area (Å²) in [5.41, 5.74) is 0.156. The standard InChI is InChI=1S/C19H18ClFN2O5/c1-11(18(25)23-15-8-7-12(20)9-14(15)21)28-17(24)10-22-19(26)13-5-3-4-6-16(13)27-2/h3-9,11H,10H2,1-2H3,(H,22,26)(H,23,25)/t11-/m0/s1. The summed E-state index contributed by atoms with van der Waals surface area (Å²) >= 11 is 5.64. The number of methoxy groups -OCH3 is 1. The van der Waals surface area contributed by atoms with Gasteiger partial charge in [0, 0.05) is 5.02 Å². The highest BCUT2D eigenvalue weighted by Crippen LogP contribution is 2.19. The lowest BCUT2D eigenvalue weighted by Gasteiger charge is -2.14. The van der Waals surface area contributed by atoms with E-state index in [9.17, 15) is 18.8 Å². The van der Waals surface area contributed by atoms with Gasteiger partial charge in [-0.1, -0.05) is 23.7 Å². The Bertz CT molecular complexity index is 890. The molecule has 2 aromatic carbocycles. The first-order valence-electron chi connectivity index (χ1n) is 8.18. The summed E-state index contributed by atoms with van der Waals surface area (Å²) < 4.78 is 23.7. The van der Waals surface area contributed by atoms with Crippen LogP contribution in [0.4, 0.5) is 10.1 Å². The van der Waals surface area contributed by atoms with Crippen molar-refractivity contribution in [1.29, 1.82) is 0 Å². The lowest BCUT2D eigenvalue weighted by Crippen LogP contribution is -2.36. The molecule has 0 radical (unpaired) electrons. The van der Waals surface area contributed by atoms with Gasteiger partial charge in [0.15, 0.2) is 6.10 Å². The Labute approximate surface area is 165 Å². The van der Waals surface area contributed by atoms with Crippen LogP contribution in [0.5, 0.6) is 5.75 Å². The van der Waals surface area contributed by atoms with Gasteiger partial charge in [-0.3, -0.25) is 14.4 Å². The topological polar surface area (TPSA) is 93.7 Å². The molecule has 2 N–H and O–H groups in total. The minimum atomic E-state index is -1.20. The average molecular weight is 409 g/mol. The molecule has 0 fully saturated rings. The Balaban J connectivity index is 1.86. The molecule has 2 rings (SSSR count). The zero-order valence-electron chi connectivity index (χ0n) is 15.1. The molecule has 0 aliphatic rings. The Morgan fingerprint density at radius 2 is 1.89 bits per heavy atom. The number of amides is 2. The fourth-order valence-corrected chi connectivity index (χ4v) is 2.36. The van der Waals surface area contributed by atoms with Crippen LogP contribution in [0.1, 0.15) is 17.3 Å². The van der Waals surface area contributed by atoms with Crippen LogP contribution in [0.3, 0.4) is 0 Å². The highest BCUT2D eigenvalue weighted by molar-refractivity contribution is 6.30. The van der Waals surface area contributed by atoms with Crippen molar-refractivity contribution in [2.24, 2.45) is 0 Å². The number of hydrogen-bond acceptors (Lipinski definition) is 5. The molecule has 2 aromatic rings. The van der Waals surface area contributed by atoms with E-state index in [0.29, 0.717) is 5.75 Å². The van der Waals surface area contributed by atoms with Gasteiger partial charge in [-0.15, -0.1) is 0 Å². The minimum absolute atomic E-state index is 0.0956. The van der Waals surface area contributed by atoms with Crippen LogP contribution < -0.4 is 15.4 Å². The maximum absolute atomic E-state index is 13.7. The Morgan fingerprint density at radius 1 is 1.18 bits per heavy atom. The zero-order valence-corrected chi connectivity index (χ0v) is 15.9. The van der Waals surface area contributed by atoms with Crippen LogP contribution in [0.2, 0.25) is 5.02 Å². The van der Waals surface area contributed by atoms with E-state index in [2.05, 4.69) is 10.6 Å². The maximum atomic E-state index is 13.7. The highest BCUT2D eigenvalue weighted by atomic mass is 35.5. The van der Waals surface area contributed by atoms with Gasteiger partial charge < -0.3 is 20.1 Å². The van der Waals surface area contributed by atoms with E-state index in [4.69, 9.17) is 21.1 Å². The molecule has 0 spiro atoms. The SMILES string of the molecule is COc1ccccc1C(=O)NCC(=O)O[C@@H](C)C(=O)Nc1ccc(Cl)cc1F. The molecule has 0 unspecified atom stereocenters. The predicted octanol–water partition coefficient (Wildman–Crippen LogP) is 2.79. The monoisotopic (exact) mass is 408 g/mol. The number of benzene rings is 2. The van der Waals surface area contributed by atoms with Gasteiger partial charge in [-0.05, 0) is 37.3 Å². The first-order chi connectivity index (χ1) is 13.3. The lowest BCUT2D eigenvalue weighted by atomic mass is 10.2.